The third kappa shape index (κ3) is 1.90. The van der Waals surface area contributed by atoms with Crippen LogP contribution in [0.15, 0.2) is 15.8 Å². The number of aryl methyl sites for hydroxylation is 2. The van der Waals surface area contributed by atoms with Gasteiger partial charge in [0.25, 0.3) is 5.56 Å². The second-order valence-corrected chi connectivity index (χ2v) is 5.25. The molecule has 0 amide bonds. The van der Waals surface area contributed by atoms with Gasteiger partial charge >= 0.3 is 5.69 Å². The van der Waals surface area contributed by atoms with Crippen LogP contribution in [0.3, 0.4) is 0 Å². The Kier molecular flexibility index (Phi) is 3.41. The summed E-state index contributed by atoms with van der Waals surface area (Å²) in [5.41, 5.74) is 0.595. The molecule has 112 valence electrons. The third-order valence-corrected chi connectivity index (χ3v) is 4.04. The molecule has 1 aliphatic carbocycles. The largest absolute Gasteiger partial charge is 0.333 e. The van der Waals surface area contributed by atoms with Gasteiger partial charge in [0.15, 0.2) is 5.78 Å². The maximum Gasteiger partial charge on any atom is 0.333 e. The summed E-state index contributed by atoms with van der Waals surface area (Å²) >= 11 is 0. The number of terminal acetylenes is 1. The normalized spacial score (nSPS) is 13.9. The van der Waals surface area contributed by atoms with E-state index in [0.717, 1.165) is 4.57 Å². The molecular weight excluding hydrogens is 282 g/mol. The highest BCUT2D eigenvalue weighted by atomic mass is 16.2. The lowest BCUT2D eigenvalue weighted by Crippen LogP contribution is -2.40. The summed E-state index contributed by atoms with van der Waals surface area (Å²) in [6, 6.07) is 0. The fourth-order valence-corrected chi connectivity index (χ4v) is 3.00. The van der Waals surface area contributed by atoms with Crippen molar-refractivity contribution in [3.05, 3.63) is 38.2 Å². The molecule has 2 heterocycles. The topological polar surface area (TPSA) is 74.0 Å². The summed E-state index contributed by atoms with van der Waals surface area (Å²) in [4.78, 5) is 41.3. The lowest BCUT2D eigenvalue weighted by atomic mass is 9.90. The van der Waals surface area contributed by atoms with E-state index >= 15 is 0 Å². The molecule has 22 heavy (non-hydrogen) atoms. The van der Waals surface area contributed by atoms with Gasteiger partial charge in [0, 0.05) is 24.7 Å². The summed E-state index contributed by atoms with van der Waals surface area (Å²) in [7, 11) is 0. The highest BCUT2D eigenvalue weighted by molar-refractivity contribution is 6.01. The van der Waals surface area contributed by atoms with Gasteiger partial charge in [-0.05, 0) is 25.3 Å². The van der Waals surface area contributed by atoms with Crippen molar-refractivity contribution in [1.29, 1.82) is 0 Å². The van der Waals surface area contributed by atoms with Gasteiger partial charge in [0.2, 0.25) is 0 Å². The molecule has 0 unspecified atom stereocenters. The summed E-state index contributed by atoms with van der Waals surface area (Å²) in [6.07, 6.45) is 8.54. The molecule has 2 aromatic heterocycles. The van der Waals surface area contributed by atoms with Crippen molar-refractivity contribution in [2.24, 2.45) is 0 Å². The molecule has 0 saturated heterocycles. The monoisotopic (exact) mass is 297 g/mol. The number of nitrogens with zero attached hydrogens (tertiary/aromatic N) is 3. The molecule has 3 rings (SSSR count). The van der Waals surface area contributed by atoms with Crippen LogP contribution in [0.5, 0.6) is 0 Å². The zero-order chi connectivity index (χ0) is 15.9. The first-order chi connectivity index (χ1) is 10.6. The smallest absolute Gasteiger partial charge is 0.294 e. The molecule has 0 bridgehead atoms. The van der Waals surface area contributed by atoms with Gasteiger partial charge in [-0.2, -0.15) is 0 Å². The van der Waals surface area contributed by atoms with E-state index in [-0.39, 0.29) is 12.3 Å². The molecule has 0 aliphatic heterocycles. The first kappa shape index (κ1) is 14.3. The highest BCUT2D eigenvalue weighted by Crippen LogP contribution is 2.25. The fraction of sp³-hybridized carbons (Fsp3) is 0.375. The lowest BCUT2D eigenvalue weighted by molar-refractivity contribution is 0.0972. The van der Waals surface area contributed by atoms with Crippen LogP contribution in [0, 0.1) is 12.3 Å². The van der Waals surface area contributed by atoms with E-state index in [9.17, 15) is 14.4 Å². The number of Topliss-reactive ketones (excluding diaryl/α,β-unsaturated/α-hetero) is 1. The van der Waals surface area contributed by atoms with E-state index in [1.165, 1.54) is 10.8 Å². The molecule has 0 aromatic carbocycles. The van der Waals surface area contributed by atoms with E-state index in [4.69, 9.17) is 6.42 Å². The van der Waals surface area contributed by atoms with E-state index < -0.39 is 11.2 Å². The summed E-state index contributed by atoms with van der Waals surface area (Å²) < 4.78 is 2.46. The number of fused-ring (bicyclic) bond motifs is 3. The molecule has 0 spiro atoms. The quantitative estimate of drug-likeness (QED) is 0.766. The van der Waals surface area contributed by atoms with Gasteiger partial charge in [-0.15, -0.1) is 6.42 Å². The van der Waals surface area contributed by atoms with Crippen molar-refractivity contribution in [2.75, 3.05) is 0 Å². The van der Waals surface area contributed by atoms with Crippen LogP contribution in [-0.2, 0) is 19.5 Å². The standard InChI is InChI=1S/C16H15N3O3/c1-3-8-19-15(21)13-10-6-5-7-12(20)11(10)9-17-14(13)18(4-2)16(19)22/h1,9H,4-8H2,2H3. The molecule has 2 aromatic rings. The Morgan fingerprint density at radius 3 is 2.73 bits per heavy atom. The summed E-state index contributed by atoms with van der Waals surface area (Å²) in [5.74, 6) is 2.33. The predicted octanol–water partition coefficient (Wildman–Crippen LogP) is 0.730. The number of rotatable bonds is 2. The predicted molar refractivity (Wildman–Crippen MR) is 82.0 cm³/mol. The second-order valence-electron chi connectivity index (χ2n) is 5.25. The van der Waals surface area contributed by atoms with Crippen LogP contribution in [0.2, 0.25) is 0 Å². The average Bonchev–Trinajstić information content (AvgIpc) is 2.51. The number of ketones is 1. The Bertz CT molecular complexity index is 944. The van der Waals surface area contributed by atoms with Crippen molar-refractivity contribution >= 4 is 16.8 Å². The zero-order valence-electron chi connectivity index (χ0n) is 12.3. The first-order valence-corrected chi connectivity index (χ1v) is 7.22. The van der Waals surface area contributed by atoms with E-state index in [2.05, 4.69) is 10.9 Å². The third-order valence-electron chi connectivity index (χ3n) is 4.04. The van der Waals surface area contributed by atoms with E-state index in [1.54, 1.807) is 6.92 Å². The van der Waals surface area contributed by atoms with Crippen LogP contribution in [-0.4, -0.2) is 19.9 Å². The van der Waals surface area contributed by atoms with Gasteiger partial charge in [0.1, 0.15) is 5.65 Å². The number of hydrogen-bond acceptors (Lipinski definition) is 4. The fourth-order valence-electron chi connectivity index (χ4n) is 3.00. The van der Waals surface area contributed by atoms with Crippen molar-refractivity contribution in [1.82, 2.24) is 14.1 Å². The van der Waals surface area contributed by atoms with Gasteiger partial charge in [-0.3, -0.25) is 14.2 Å². The minimum absolute atomic E-state index is 0.00667. The molecule has 6 nitrogen and oxygen atoms in total. The SMILES string of the molecule is C#CCn1c(=O)c2c3c(cnc2n(CC)c1=O)C(=O)CCC3. The minimum Gasteiger partial charge on any atom is -0.294 e. The Morgan fingerprint density at radius 2 is 2.05 bits per heavy atom. The molecule has 6 heteroatoms. The molecule has 0 radical (unpaired) electrons. The molecule has 0 fully saturated rings. The van der Waals surface area contributed by atoms with Crippen LogP contribution < -0.4 is 11.2 Å². The van der Waals surface area contributed by atoms with Gasteiger partial charge in [0.05, 0.1) is 11.9 Å². The Balaban J connectivity index is 2.53. The lowest BCUT2D eigenvalue weighted by Gasteiger charge is -2.18. The maximum atomic E-state index is 12.7. The molecule has 1 aliphatic rings. The Morgan fingerprint density at radius 1 is 1.27 bits per heavy atom. The first-order valence-electron chi connectivity index (χ1n) is 7.22. The molecule has 0 atom stereocenters. The van der Waals surface area contributed by atoms with E-state index in [0.29, 0.717) is 48.0 Å². The van der Waals surface area contributed by atoms with E-state index in [1.807, 2.05) is 0 Å². The van der Waals surface area contributed by atoms with Crippen molar-refractivity contribution in [2.45, 2.75) is 39.3 Å². The summed E-state index contributed by atoms with van der Waals surface area (Å²) in [5, 5.41) is 0.349. The van der Waals surface area contributed by atoms with Gasteiger partial charge in [-0.1, -0.05) is 5.92 Å². The number of carbonyl (C=O) groups excluding carboxylic acids is 1. The summed E-state index contributed by atoms with van der Waals surface area (Å²) in [6.45, 7) is 2.09. The maximum absolute atomic E-state index is 12.7. The van der Waals surface area contributed by atoms with Crippen molar-refractivity contribution in [3.8, 4) is 12.3 Å². The molecule has 0 N–H and O–H groups in total. The van der Waals surface area contributed by atoms with Gasteiger partial charge in [-0.25, -0.2) is 14.3 Å². The average molecular weight is 297 g/mol. The van der Waals surface area contributed by atoms with Crippen LogP contribution in [0.25, 0.3) is 11.0 Å². The second kappa shape index (κ2) is 5.26. The number of aromatic nitrogens is 3. The number of carbonyl (C=O) groups is 1. The number of hydrogen-bond donors (Lipinski definition) is 0. The Hall–Kier alpha value is -2.68. The Labute approximate surface area is 126 Å². The molecular formula is C16H15N3O3. The van der Waals surface area contributed by atoms with Crippen LogP contribution >= 0.6 is 0 Å². The zero-order valence-corrected chi connectivity index (χ0v) is 12.3. The molecule has 0 saturated carbocycles. The van der Waals surface area contributed by atoms with Crippen molar-refractivity contribution < 1.29 is 4.79 Å². The van der Waals surface area contributed by atoms with Gasteiger partial charge < -0.3 is 0 Å². The van der Waals surface area contributed by atoms with Crippen LogP contribution in [0.1, 0.15) is 35.7 Å². The van der Waals surface area contributed by atoms with Crippen molar-refractivity contribution in [3.63, 3.8) is 0 Å². The minimum atomic E-state index is -0.465. The van der Waals surface area contributed by atoms with Crippen LogP contribution in [0.4, 0.5) is 0 Å². The number of pyridine rings is 1. The highest BCUT2D eigenvalue weighted by Gasteiger charge is 2.24.